The minimum Gasteiger partial charge on any atom is -0.481 e. The number of aliphatic carboxylic acids is 1. The van der Waals surface area contributed by atoms with Crippen LogP contribution in [0.1, 0.15) is 30.7 Å². The van der Waals surface area contributed by atoms with Gasteiger partial charge in [0, 0.05) is 25.7 Å². The van der Waals surface area contributed by atoms with Gasteiger partial charge in [-0.3, -0.25) is 14.4 Å². The summed E-state index contributed by atoms with van der Waals surface area (Å²) in [6, 6.07) is 0.623. The van der Waals surface area contributed by atoms with Crippen LogP contribution in [0.25, 0.3) is 0 Å². The lowest BCUT2D eigenvalue weighted by Crippen LogP contribution is -2.33. The summed E-state index contributed by atoms with van der Waals surface area (Å²) in [7, 11) is 1.94. The Balaban J connectivity index is 1.83. The van der Waals surface area contributed by atoms with Gasteiger partial charge in [0.2, 0.25) is 0 Å². The van der Waals surface area contributed by atoms with Gasteiger partial charge in [-0.2, -0.15) is 5.10 Å². The maximum Gasteiger partial charge on any atom is 0.308 e. The van der Waals surface area contributed by atoms with Crippen LogP contribution in [0.5, 0.6) is 0 Å². The number of carbonyl (C=O) groups is 1. The van der Waals surface area contributed by atoms with Crippen molar-refractivity contribution in [1.82, 2.24) is 14.7 Å². The normalized spacial score (nSPS) is 30.2. The molecule has 2 fully saturated rings. The molecule has 3 heterocycles. The number of fused-ring (bicyclic) bond motifs is 2. The van der Waals surface area contributed by atoms with E-state index < -0.39 is 5.97 Å². The molecule has 2 aliphatic rings. The van der Waals surface area contributed by atoms with Crippen LogP contribution in [-0.4, -0.2) is 37.8 Å². The fourth-order valence-electron chi connectivity index (χ4n) is 3.64. The van der Waals surface area contributed by atoms with Crippen molar-refractivity contribution in [3.8, 4) is 0 Å². The zero-order valence-corrected chi connectivity index (χ0v) is 12.7. The number of rotatable bonds is 3. The second-order valence-corrected chi connectivity index (χ2v) is 6.41. The molecule has 1 aromatic heterocycles. The van der Waals surface area contributed by atoms with E-state index >= 15 is 0 Å². The molecule has 0 radical (unpaired) electrons. The van der Waals surface area contributed by atoms with Crippen LogP contribution in [-0.2, 0) is 18.4 Å². The first-order valence-electron chi connectivity index (χ1n) is 6.65. The molecular formula is C13H18BrN3O2. The number of carboxylic acid groups (broad SMARTS) is 1. The largest absolute Gasteiger partial charge is 0.481 e. The van der Waals surface area contributed by atoms with E-state index in [0.717, 1.165) is 41.7 Å². The highest BCUT2D eigenvalue weighted by Gasteiger charge is 2.49. The lowest BCUT2D eigenvalue weighted by atomic mass is 9.89. The first-order chi connectivity index (χ1) is 8.99. The van der Waals surface area contributed by atoms with Crippen molar-refractivity contribution in [3.05, 3.63) is 15.9 Å². The Morgan fingerprint density at radius 3 is 2.79 bits per heavy atom. The lowest BCUT2D eigenvalue weighted by Gasteiger charge is -2.22. The van der Waals surface area contributed by atoms with Crippen LogP contribution in [0.2, 0.25) is 0 Å². The number of halogens is 1. The van der Waals surface area contributed by atoms with Crippen molar-refractivity contribution in [3.63, 3.8) is 0 Å². The topological polar surface area (TPSA) is 58.4 Å². The van der Waals surface area contributed by atoms with E-state index in [9.17, 15) is 9.90 Å². The van der Waals surface area contributed by atoms with E-state index in [4.69, 9.17) is 0 Å². The molecule has 3 atom stereocenters. The minimum absolute atomic E-state index is 0.188. The van der Waals surface area contributed by atoms with E-state index in [2.05, 4.69) is 25.9 Å². The second-order valence-electron chi connectivity index (χ2n) is 5.62. The van der Waals surface area contributed by atoms with Gasteiger partial charge in [-0.05, 0) is 42.1 Å². The summed E-state index contributed by atoms with van der Waals surface area (Å²) >= 11 is 3.59. The highest BCUT2D eigenvalue weighted by Crippen LogP contribution is 2.43. The van der Waals surface area contributed by atoms with Crippen molar-refractivity contribution in [1.29, 1.82) is 0 Å². The van der Waals surface area contributed by atoms with Gasteiger partial charge in [0.25, 0.3) is 0 Å². The standard InChI is InChI=1S/C13H18BrN3O2/c1-7-12(14)11(16(2)15-7)6-17-8-3-4-10(17)9(5-8)13(18)19/h8-10H,3-6H2,1-2H3,(H,18,19). The molecule has 0 aromatic carbocycles. The van der Waals surface area contributed by atoms with Crippen molar-refractivity contribution >= 4 is 21.9 Å². The van der Waals surface area contributed by atoms with Crippen molar-refractivity contribution in [2.24, 2.45) is 13.0 Å². The quantitative estimate of drug-likeness (QED) is 0.921. The minimum atomic E-state index is -0.641. The Bertz CT molecular complexity index is 528. The molecule has 0 amide bonds. The third-order valence-electron chi connectivity index (χ3n) is 4.59. The van der Waals surface area contributed by atoms with Crippen LogP contribution in [0.4, 0.5) is 0 Å². The summed E-state index contributed by atoms with van der Waals surface area (Å²) < 4.78 is 2.95. The van der Waals surface area contributed by atoms with Crippen LogP contribution in [0.15, 0.2) is 4.47 Å². The molecule has 1 N–H and O–H groups in total. The first kappa shape index (κ1) is 13.1. The van der Waals surface area contributed by atoms with E-state index in [1.54, 1.807) is 0 Å². The molecule has 2 saturated heterocycles. The average Bonchev–Trinajstić information content (AvgIpc) is 2.97. The third-order valence-corrected chi connectivity index (χ3v) is 5.62. The SMILES string of the molecule is Cc1nn(C)c(CN2C3CCC2C(C(=O)O)C3)c1Br. The number of nitrogens with zero attached hydrogens (tertiary/aromatic N) is 3. The van der Waals surface area contributed by atoms with Crippen molar-refractivity contribution in [2.45, 2.75) is 44.8 Å². The van der Waals surface area contributed by atoms with Crippen LogP contribution in [0, 0.1) is 12.8 Å². The van der Waals surface area contributed by atoms with Gasteiger partial charge in [-0.1, -0.05) is 0 Å². The molecular weight excluding hydrogens is 310 g/mol. The monoisotopic (exact) mass is 327 g/mol. The number of hydrogen-bond acceptors (Lipinski definition) is 3. The Kier molecular flexibility index (Phi) is 3.17. The van der Waals surface area contributed by atoms with E-state index in [1.807, 2.05) is 18.7 Å². The van der Waals surface area contributed by atoms with Gasteiger partial charge in [0.15, 0.2) is 0 Å². The molecule has 2 bridgehead atoms. The highest BCUT2D eigenvalue weighted by molar-refractivity contribution is 9.10. The maximum absolute atomic E-state index is 11.3. The summed E-state index contributed by atoms with van der Waals surface area (Å²) in [5, 5.41) is 13.7. The second kappa shape index (κ2) is 4.59. The third kappa shape index (κ3) is 2.01. The Morgan fingerprint density at radius 1 is 1.53 bits per heavy atom. The van der Waals surface area contributed by atoms with Gasteiger partial charge in [0.05, 0.1) is 21.8 Å². The van der Waals surface area contributed by atoms with Crippen molar-refractivity contribution < 1.29 is 9.90 Å². The summed E-state index contributed by atoms with van der Waals surface area (Å²) in [6.07, 6.45) is 2.94. The molecule has 5 nitrogen and oxygen atoms in total. The summed E-state index contributed by atoms with van der Waals surface area (Å²) in [6.45, 7) is 2.77. The Morgan fingerprint density at radius 2 is 2.26 bits per heavy atom. The molecule has 2 aliphatic heterocycles. The Labute approximate surface area is 120 Å². The predicted octanol–water partition coefficient (Wildman–Crippen LogP) is 1.93. The van der Waals surface area contributed by atoms with Gasteiger partial charge in [-0.25, -0.2) is 0 Å². The van der Waals surface area contributed by atoms with E-state index in [-0.39, 0.29) is 12.0 Å². The zero-order chi connectivity index (χ0) is 13.7. The van der Waals surface area contributed by atoms with E-state index in [1.165, 1.54) is 0 Å². The fourth-order valence-corrected chi connectivity index (χ4v) is 4.10. The van der Waals surface area contributed by atoms with Gasteiger partial charge in [0.1, 0.15) is 0 Å². The number of hydrogen-bond donors (Lipinski definition) is 1. The summed E-state index contributed by atoms with van der Waals surface area (Å²) in [4.78, 5) is 13.6. The zero-order valence-electron chi connectivity index (χ0n) is 11.1. The van der Waals surface area contributed by atoms with Gasteiger partial charge in [-0.15, -0.1) is 0 Å². The average molecular weight is 328 g/mol. The first-order valence-corrected chi connectivity index (χ1v) is 7.45. The van der Waals surface area contributed by atoms with E-state index in [0.29, 0.717) is 6.04 Å². The van der Waals surface area contributed by atoms with Crippen LogP contribution >= 0.6 is 15.9 Å². The van der Waals surface area contributed by atoms with Crippen molar-refractivity contribution in [2.75, 3.05) is 0 Å². The smallest absolute Gasteiger partial charge is 0.308 e. The molecule has 1 aromatic rings. The predicted molar refractivity (Wildman–Crippen MR) is 73.7 cm³/mol. The molecule has 0 spiro atoms. The maximum atomic E-state index is 11.3. The van der Waals surface area contributed by atoms with Crippen LogP contribution < -0.4 is 0 Å². The lowest BCUT2D eigenvalue weighted by molar-refractivity contribution is -0.142. The summed E-state index contributed by atoms with van der Waals surface area (Å²) in [5.41, 5.74) is 2.12. The number of carboxylic acids is 1. The molecule has 3 unspecified atom stereocenters. The Hall–Kier alpha value is -0.880. The van der Waals surface area contributed by atoms with Gasteiger partial charge >= 0.3 is 5.97 Å². The molecule has 19 heavy (non-hydrogen) atoms. The molecule has 3 rings (SSSR count). The number of aryl methyl sites for hydroxylation is 2. The van der Waals surface area contributed by atoms with Gasteiger partial charge < -0.3 is 5.11 Å². The van der Waals surface area contributed by atoms with Crippen LogP contribution in [0.3, 0.4) is 0 Å². The summed E-state index contributed by atoms with van der Waals surface area (Å²) in [5.74, 6) is -0.829. The molecule has 104 valence electrons. The molecule has 0 aliphatic carbocycles. The fraction of sp³-hybridized carbons (Fsp3) is 0.692. The molecule has 0 saturated carbocycles. The number of aromatic nitrogens is 2. The molecule has 6 heteroatoms. The highest BCUT2D eigenvalue weighted by atomic mass is 79.9.